The van der Waals surface area contributed by atoms with Gasteiger partial charge in [-0.25, -0.2) is 0 Å². The Balaban J connectivity index is 2.03. The predicted octanol–water partition coefficient (Wildman–Crippen LogP) is 3.59. The van der Waals surface area contributed by atoms with E-state index in [2.05, 4.69) is 12.1 Å². The van der Waals surface area contributed by atoms with Crippen LogP contribution in [0.5, 0.6) is 0 Å². The van der Waals surface area contributed by atoms with Crippen LogP contribution in [0.25, 0.3) is 6.08 Å². The number of nitro benzene ring substituents is 1. The summed E-state index contributed by atoms with van der Waals surface area (Å²) in [6.07, 6.45) is 1.86. The first-order valence-corrected chi connectivity index (χ1v) is 6.99. The van der Waals surface area contributed by atoms with Gasteiger partial charge in [-0.05, 0) is 11.1 Å². The van der Waals surface area contributed by atoms with Gasteiger partial charge >= 0.3 is 0 Å². The molecule has 0 radical (unpaired) electrons. The monoisotopic (exact) mass is 298 g/mol. The van der Waals surface area contributed by atoms with Crippen molar-refractivity contribution in [3.05, 3.63) is 74.8 Å². The number of nitro groups is 1. The molecule has 3 rings (SSSR count). The Morgan fingerprint density at radius 3 is 2.57 bits per heavy atom. The highest BCUT2D eigenvalue weighted by molar-refractivity contribution is 7.63. The minimum Gasteiger partial charge on any atom is -0.721 e. The molecule has 1 aliphatic rings. The minimum absolute atomic E-state index is 0.0981. The number of nitrogens with zero attached hydrogens (tertiary/aromatic N) is 2. The fourth-order valence-corrected chi connectivity index (χ4v) is 3.02. The van der Waals surface area contributed by atoms with E-state index in [9.17, 15) is 10.1 Å². The average Bonchev–Trinajstić information content (AvgIpc) is 2.71. The third-order valence-corrected chi connectivity index (χ3v) is 4.38. The molecule has 106 valence electrons. The predicted molar refractivity (Wildman–Crippen MR) is 86.3 cm³/mol. The van der Waals surface area contributed by atoms with Crippen LogP contribution in [0.2, 0.25) is 0 Å². The zero-order valence-electron chi connectivity index (χ0n) is 11.5. The molecule has 0 spiro atoms. The van der Waals surface area contributed by atoms with E-state index >= 15 is 0 Å². The van der Waals surface area contributed by atoms with Crippen LogP contribution in [0, 0.1) is 10.1 Å². The zero-order chi connectivity index (χ0) is 15.0. The molecule has 5 heteroatoms. The Morgan fingerprint density at radius 2 is 1.90 bits per heavy atom. The third-order valence-electron chi connectivity index (χ3n) is 3.86. The van der Waals surface area contributed by atoms with Crippen LogP contribution >= 0.6 is 0 Å². The molecular weight excluding hydrogens is 284 g/mol. The van der Waals surface area contributed by atoms with Crippen molar-refractivity contribution in [1.29, 1.82) is 0 Å². The van der Waals surface area contributed by atoms with Gasteiger partial charge in [0.15, 0.2) is 0 Å². The lowest BCUT2D eigenvalue weighted by atomic mass is 10.1. The fraction of sp³-hybridized carbons (Fsp3) is 0.125. The number of fused-ring (bicyclic) bond motifs is 1. The van der Waals surface area contributed by atoms with Crippen LogP contribution in [0.3, 0.4) is 0 Å². The molecular formula is C16H14N2O2S. The second-order valence-corrected chi connectivity index (χ2v) is 5.74. The van der Waals surface area contributed by atoms with Gasteiger partial charge in [0.2, 0.25) is 0 Å². The van der Waals surface area contributed by atoms with E-state index in [0.29, 0.717) is 4.48 Å². The smallest absolute Gasteiger partial charge is 0.270 e. The molecule has 2 aromatic carbocycles. The van der Waals surface area contributed by atoms with Gasteiger partial charge in [-0.3, -0.25) is 14.6 Å². The molecule has 0 aliphatic carbocycles. The number of rotatable bonds is 3. The van der Waals surface area contributed by atoms with E-state index in [1.54, 1.807) is 12.1 Å². The number of quaternary nitrogens is 1. The van der Waals surface area contributed by atoms with Crippen LogP contribution < -0.4 is 4.48 Å². The van der Waals surface area contributed by atoms with Gasteiger partial charge in [0, 0.05) is 29.3 Å². The van der Waals surface area contributed by atoms with Crippen molar-refractivity contribution >= 4 is 30.1 Å². The summed E-state index contributed by atoms with van der Waals surface area (Å²) >= 11 is 5.51. The first-order chi connectivity index (χ1) is 10.0. The zero-order valence-corrected chi connectivity index (χ0v) is 12.3. The van der Waals surface area contributed by atoms with Crippen LogP contribution in [0.4, 0.5) is 11.4 Å². The normalized spacial score (nSPS) is 20.0. The molecule has 0 amide bonds. The largest absolute Gasteiger partial charge is 0.721 e. The summed E-state index contributed by atoms with van der Waals surface area (Å²) in [4.78, 5) is 10.5. The Morgan fingerprint density at radius 1 is 1.19 bits per heavy atom. The molecule has 0 fully saturated rings. The summed E-state index contributed by atoms with van der Waals surface area (Å²) < 4.78 is 0.479. The van der Waals surface area contributed by atoms with E-state index in [-0.39, 0.29) is 10.6 Å². The summed E-state index contributed by atoms with van der Waals surface area (Å²) in [5.41, 5.74) is 3.13. The Bertz CT molecular complexity index is 743. The molecule has 21 heavy (non-hydrogen) atoms. The standard InChI is InChI=1S/C16H14N2O2S/c1-18(11-12-5-3-2-4-6-12)15-8-7-14(17(19)20)9-13(15)10-16(18)21/h2-10H,11H2,1H3. The molecule has 1 aliphatic heterocycles. The van der Waals surface area contributed by atoms with E-state index in [0.717, 1.165) is 22.8 Å². The summed E-state index contributed by atoms with van der Waals surface area (Å²) in [5.74, 6) is 0. The number of hydrogen-bond donors (Lipinski definition) is 0. The maximum absolute atomic E-state index is 10.9. The van der Waals surface area contributed by atoms with Crippen molar-refractivity contribution in [2.45, 2.75) is 6.54 Å². The van der Waals surface area contributed by atoms with Crippen molar-refractivity contribution < 1.29 is 4.92 Å². The van der Waals surface area contributed by atoms with Gasteiger partial charge in [-0.1, -0.05) is 30.3 Å². The second-order valence-electron chi connectivity index (χ2n) is 5.32. The Labute approximate surface area is 128 Å². The maximum Gasteiger partial charge on any atom is 0.270 e. The van der Waals surface area contributed by atoms with Crippen LogP contribution in [-0.4, -0.2) is 12.0 Å². The van der Waals surface area contributed by atoms with Crippen molar-refractivity contribution in [2.24, 2.45) is 0 Å². The lowest BCUT2D eigenvalue weighted by molar-refractivity contribution is -0.384. The number of hydrogen-bond acceptors (Lipinski definition) is 3. The maximum atomic E-state index is 10.9. The van der Waals surface area contributed by atoms with Crippen molar-refractivity contribution in [2.75, 3.05) is 7.05 Å². The topological polar surface area (TPSA) is 43.1 Å². The van der Waals surface area contributed by atoms with Gasteiger partial charge in [-0.2, -0.15) is 0 Å². The number of non-ortho nitro benzene ring substituents is 1. The highest BCUT2D eigenvalue weighted by Gasteiger charge is 2.33. The van der Waals surface area contributed by atoms with E-state index in [1.165, 1.54) is 5.56 Å². The summed E-state index contributed by atoms with van der Waals surface area (Å²) in [7, 11) is 2.05. The molecule has 1 atom stereocenters. The Kier molecular flexibility index (Phi) is 3.23. The minimum atomic E-state index is -0.378. The van der Waals surface area contributed by atoms with Gasteiger partial charge in [-0.15, -0.1) is 0 Å². The van der Waals surface area contributed by atoms with Gasteiger partial charge in [0.05, 0.1) is 12.0 Å². The van der Waals surface area contributed by atoms with E-state index in [1.807, 2.05) is 37.4 Å². The number of benzene rings is 2. The molecule has 4 nitrogen and oxygen atoms in total. The highest BCUT2D eigenvalue weighted by Crippen LogP contribution is 2.41. The quantitative estimate of drug-likeness (QED) is 0.376. The van der Waals surface area contributed by atoms with Gasteiger partial charge in [0.25, 0.3) is 5.69 Å². The highest BCUT2D eigenvalue weighted by atomic mass is 32.1. The molecule has 2 aromatic rings. The summed E-state index contributed by atoms with van der Waals surface area (Å²) in [6.45, 7) is 0.737. The van der Waals surface area contributed by atoms with Crippen LogP contribution in [0.1, 0.15) is 11.1 Å². The molecule has 1 unspecified atom stereocenters. The van der Waals surface area contributed by atoms with Crippen LogP contribution in [-0.2, 0) is 19.2 Å². The first-order valence-electron chi connectivity index (χ1n) is 6.58. The molecule has 0 N–H and O–H groups in total. The lowest BCUT2D eigenvalue weighted by Crippen LogP contribution is -2.40. The van der Waals surface area contributed by atoms with Crippen molar-refractivity contribution in [3.63, 3.8) is 0 Å². The SMILES string of the molecule is C[N+]1(Cc2ccccc2)C([S-])=Cc2cc([N+](=O)[O-])ccc21. The molecule has 0 bridgehead atoms. The third kappa shape index (κ3) is 2.30. The van der Waals surface area contributed by atoms with Crippen molar-refractivity contribution in [1.82, 2.24) is 4.48 Å². The average molecular weight is 298 g/mol. The fourth-order valence-electron chi connectivity index (χ4n) is 2.73. The lowest BCUT2D eigenvalue weighted by Gasteiger charge is -2.36. The van der Waals surface area contributed by atoms with Gasteiger partial charge < -0.3 is 12.6 Å². The Hall–Kier alpha value is -2.24. The van der Waals surface area contributed by atoms with Crippen LogP contribution in [0.15, 0.2) is 53.6 Å². The van der Waals surface area contributed by atoms with E-state index in [4.69, 9.17) is 12.6 Å². The first kappa shape index (κ1) is 13.7. The second kappa shape index (κ2) is 4.95. The van der Waals surface area contributed by atoms with Gasteiger partial charge in [0.1, 0.15) is 12.2 Å². The molecule has 0 saturated carbocycles. The summed E-state index contributed by atoms with van der Waals surface area (Å²) in [5, 5.41) is 11.7. The van der Waals surface area contributed by atoms with Crippen molar-refractivity contribution in [3.8, 4) is 0 Å². The molecule has 1 heterocycles. The molecule has 0 aromatic heterocycles. The van der Waals surface area contributed by atoms with E-state index < -0.39 is 0 Å². The summed E-state index contributed by atoms with van der Waals surface area (Å²) in [6, 6.07) is 15.1. The molecule has 0 saturated heterocycles.